The fraction of sp³-hybridized carbons (Fsp3) is 0.111. The molecule has 0 aromatic carbocycles. The summed E-state index contributed by atoms with van der Waals surface area (Å²) in [4.78, 5) is 0. The van der Waals surface area contributed by atoms with Gasteiger partial charge in [-0.25, -0.2) is 0 Å². The molecule has 2 aromatic heterocycles. The maximum Gasteiger partial charge on any atom is 0.144 e. The lowest BCUT2D eigenvalue weighted by Crippen LogP contribution is -1.82. The van der Waals surface area contributed by atoms with Crippen LogP contribution in [0.5, 0.6) is 5.75 Å². The zero-order valence-electron chi connectivity index (χ0n) is 6.32. The normalized spacial score (nSPS) is 10.3. The molecule has 2 heterocycles. The van der Waals surface area contributed by atoms with E-state index in [1.54, 1.807) is 7.11 Å². The van der Waals surface area contributed by atoms with Gasteiger partial charge in [0.2, 0.25) is 0 Å². The molecule has 0 aliphatic rings. The third kappa shape index (κ3) is 0.871. The van der Waals surface area contributed by atoms with Crippen LogP contribution in [-0.4, -0.2) is 11.5 Å². The molecule has 0 aliphatic carbocycles. The van der Waals surface area contributed by atoms with Crippen LogP contribution < -0.4 is 4.74 Å². The van der Waals surface area contributed by atoms with Gasteiger partial charge in [0.05, 0.1) is 12.6 Å². The molecule has 0 aliphatic heterocycles. The summed E-state index contributed by atoms with van der Waals surface area (Å²) in [5.41, 5.74) is 1.11. The van der Waals surface area contributed by atoms with Crippen LogP contribution >= 0.6 is 0 Å². The summed E-state index contributed by atoms with van der Waals surface area (Å²) in [6, 6.07) is 7.97. The van der Waals surface area contributed by atoms with E-state index < -0.39 is 0 Å². The molecular formula is C9H9NO. The van der Waals surface area contributed by atoms with Gasteiger partial charge in [-0.05, 0) is 18.2 Å². The molecular weight excluding hydrogens is 138 g/mol. The summed E-state index contributed by atoms with van der Waals surface area (Å²) >= 11 is 0. The molecule has 56 valence electrons. The third-order valence-electron chi connectivity index (χ3n) is 1.75. The smallest absolute Gasteiger partial charge is 0.144 e. The van der Waals surface area contributed by atoms with Crippen LogP contribution in [-0.2, 0) is 0 Å². The van der Waals surface area contributed by atoms with Gasteiger partial charge in [-0.3, -0.25) is 0 Å². The standard InChI is InChI=1S/C9H9NO/c1-11-9-5-7-10-6-3-2-4-8(9)10/h2-7H,1H3. The second-order valence-electron chi connectivity index (χ2n) is 2.38. The summed E-state index contributed by atoms with van der Waals surface area (Å²) in [5.74, 6) is 0.922. The number of fused-ring (bicyclic) bond motifs is 1. The molecule has 11 heavy (non-hydrogen) atoms. The average molecular weight is 147 g/mol. The molecule has 0 spiro atoms. The number of nitrogens with zero attached hydrogens (tertiary/aromatic N) is 1. The van der Waals surface area contributed by atoms with Crippen molar-refractivity contribution in [3.63, 3.8) is 0 Å². The monoisotopic (exact) mass is 147 g/mol. The van der Waals surface area contributed by atoms with Gasteiger partial charge < -0.3 is 9.14 Å². The maximum absolute atomic E-state index is 5.15. The molecule has 0 bridgehead atoms. The minimum absolute atomic E-state index is 0.922. The summed E-state index contributed by atoms with van der Waals surface area (Å²) in [6.07, 6.45) is 3.98. The van der Waals surface area contributed by atoms with Crippen molar-refractivity contribution in [1.29, 1.82) is 0 Å². The van der Waals surface area contributed by atoms with Crippen LogP contribution in [0.3, 0.4) is 0 Å². The van der Waals surface area contributed by atoms with Gasteiger partial charge in [0.15, 0.2) is 0 Å². The Morgan fingerprint density at radius 2 is 2.09 bits per heavy atom. The zero-order valence-corrected chi connectivity index (χ0v) is 6.32. The highest BCUT2D eigenvalue weighted by molar-refractivity contribution is 5.60. The highest BCUT2D eigenvalue weighted by Gasteiger charge is 1.98. The largest absolute Gasteiger partial charge is 0.495 e. The SMILES string of the molecule is COc1ccn2ccccc12. The van der Waals surface area contributed by atoms with Crippen molar-refractivity contribution in [1.82, 2.24) is 4.40 Å². The van der Waals surface area contributed by atoms with E-state index in [0.717, 1.165) is 11.3 Å². The minimum atomic E-state index is 0.922. The van der Waals surface area contributed by atoms with Crippen LogP contribution in [0.1, 0.15) is 0 Å². The highest BCUT2D eigenvalue weighted by Crippen LogP contribution is 2.19. The molecule has 2 rings (SSSR count). The van der Waals surface area contributed by atoms with Crippen molar-refractivity contribution in [3.8, 4) is 5.75 Å². The molecule has 0 saturated carbocycles. The molecule has 2 nitrogen and oxygen atoms in total. The van der Waals surface area contributed by atoms with E-state index in [1.165, 1.54) is 0 Å². The molecule has 0 amide bonds. The van der Waals surface area contributed by atoms with E-state index in [4.69, 9.17) is 4.74 Å². The number of hydrogen-bond donors (Lipinski definition) is 0. The van der Waals surface area contributed by atoms with Crippen molar-refractivity contribution in [2.45, 2.75) is 0 Å². The minimum Gasteiger partial charge on any atom is -0.495 e. The number of hydrogen-bond acceptors (Lipinski definition) is 1. The first-order valence-corrected chi connectivity index (χ1v) is 3.51. The summed E-state index contributed by atoms with van der Waals surface area (Å²) < 4.78 is 7.17. The number of rotatable bonds is 1. The van der Waals surface area contributed by atoms with E-state index >= 15 is 0 Å². The average Bonchev–Trinajstić information content (AvgIpc) is 2.47. The Bertz CT molecular complexity index is 364. The van der Waals surface area contributed by atoms with Gasteiger partial charge in [-0.1, -0.05) is 6.07 Å². The lowest BCUT2D eigenvalue weighted by Gasteiger charge is -1.96. The third-order valence-corrected chi connectivity index (χ3v) is 1.75. The van der Waals surface area contributed by atoms with E-state index in [9.17, 15) is 0 Å². The Labute approximate surface area is 65.0 Å². The van der Waals surface area contributed by atoms with Gasteiger partial charge in [0.1, 0.15) is 5.75 Å². The number of aromatic nitrogens is 1. The van der Waals surface area contributed by atoms with Crippen LogP contribution in [0, 0.1) is 0 Å². The van der Waals surface area contributed by atoms with E-state index in [2.05, 4.69) is 0 Å². The van der Waals surface area contributed by atoms with Crippen LogP contribution in [0.15, 0.2) is 36.7 Å². The van der Waals surface area contributed by atoms with Crippen LogP contribution in [0.4, 0.5) is 0 Å². The molecule has 0 N–H and O–H groups in total. The lowest BCUT2D eigenvalue weighted by atomic mass is 10.4. The Kier molecular flexibility index (Phi) is 1.32. The van der Waals surface area contributed by atoms with Crippen molar-refractivity contribution in [2.75, 3.05) is 7.11 Å². The number of ether oxygens (including phenoxy) is 1. The van der Waals surface area contributed by atoms with E-state index in [1.807, 2.05) is 41.1 Å². The molecule has 0 unspecified atom stereocenters. The zero-order chi connectivity index (χ0) is 7.68. The maximum atomic E-state index is 5.15. The molecule has 0 fully saturated rings. The number of pyridine rings is 1. The van der Waals surface area contributed by atoms with Crippen LogP contribution in [0.2, 0.25) is 0 Å². The Hall–Kier alpha value is -1.44. The Morgan fingerprint density at radius 1 is 1.18 bits per heavy atom. The molecule has 0 atom stereocenters. The fourth-order valence-corrected chi connectivity index (χ4v) is 1.20. The van der Waals surface area contributed by atoms with Gasteiger partial charge in [-0.15, -0.1) is 0 Å². The predicted octanol–water partition coefficient (Wildman–Crippen LogP) is 1.95. The van der Waals surface area contributed by atoms with Crippen molar-refractivity contribution >= 4 is 5.52 Å². The van der Waals surface area contributed by atoms with Gasteiger partial charge in [-0.2, -0.15) is 0 Å². The topological polar surface area (TPSA) is 13.6 Å². The van der Waals surface area contributed by atoms with Crippen LogP contribution in [0.25, 0.3) is 5.52 Å². The van der Waals surface area contributed by atoms with Gasteiger partial charge in [0, 0.05) is 12.4 Å². The Balaban J connectivity index is 2.76. The first kappa shape index (κ1) is 6.28. The second-order valence-corrected chi connectivity index (χ2v) is 2.38. The second kappa shape index (κ2) is 2.31. The van der Waals surface area contributed by atoms with E-state index in [-0.39, 0.29) is 0 Å². The quantitative estimate of drug-likeness (QED) is 0.601. The molecule has 0 radical (unpaired) electrons. The summed E-state index contributed by atoms with van der Waals surface area (Å²) in [5, 5.41) is 0. The molecule has 0 saturated heterocycles. The van der Waals surface area contributed by atoms with Crippen molar-refractivity contribution < 1.29 is 4.74 Å². The van der Waals surface area contributed by atoms with E-state index in [0.29, 0.717) is 0 Å². The summed E-state index contributed by atoms with van der Waals surface area (Å²) in [7, 11) is 1.68. The Morgan fingerprint density at radius 3 is 2.91 bits per heavy atom. The van der Waals surface area contributed by atoms with Crippen molar-refractivity contribution in [2.24, 2.45) is 0 Å². The molecule has 2 aromatic rings. The van der Waals surface area contributed by atoms with Crippen molar-refractivity contribution in [3.05, 3.63) is 36.7 Å². The lowest BCUT2D eigenvalue weighted by molar-refractivity contribution is 0.420. The summed E-state index contributed by atoms with van der Waals surface area (Å²) in [6.45, 7) is 0. The first-order chi connectivity index (χ1) is 5.42. The van der Waals surface area contributed by atoms with Gasteiger partial charge >= 0.3 is 0 Å². The predicted molar refractivity (Wildman–Crippen MR) is 43.9 cm³/mol. The fourth-order valence-electron chi connectivity index (χ4n) is 1.20. The molecule has 2 heteroatoms. The highest BCUT2D eigenvalue weighted by atomic mass is 16.5. The number of methoxy groups -OCH3 is 1. The first-order valence-electron chi connectivity index (χ1n) is 3.51. The van der Waals surface area contributed by atoms with Gasteiger partial charge in [0.25, 0.3) is 0 Å².